The number of carbonyl (C=O) groups excluding carboxylic acids is 3. The number of hydrogen-bond donors (Lipinski definition) is 2. The molecule has 226 valence electrons. The molecule has 3 heterocycles. The summed E-state index contributed by atoms with van der Waals surface area (Å²) in [5, 5.41) is 5.97. The third kappa shape index (κ3) is 8.15. The highest BCUT2D eigenvalue weighted by atomic mass is 16.3. The summed E-state index contributed by atoms with van der Waals surface area (Å²) in [6.07, 6.45) is 12.1. The van der Waals surface area contributed by atoms with Gasteiger partial charge in [0.25, 0.3) is 11.8 Å². The van der Waals surface area contributed by atoms with Crippen LogP contribution < -0.4 is 15.5 Å². The molecule has 2 aromatic carbocycles. The Labute approximate surface area is 254 Å². The van der Waals surface area contributed by atoms with Crippen molar-refractivity contribution in [3.05, 3.63) is 95.5 Å². The molecule has 5 rings (SSSR count). The highest BCUT2D eigenvalue weighted by molar-refractivity contribution is 6.05. The molecule has 0 spiro atoms. The van der Waals surface area contributed by atoms with Gasteiger partial charge in [0.05, 0.1) is 17.6 Å². The van der Waals surface area contributed by atoms with E-state index < -0.39 is 0 Å². The van der Waals surface area contributed by atoms with Gasteiger partial charge in [-0.3, -0.25) is 14.4 Å². The summed E-state index contributed by atoms with van der Waals surface area (Å²) < 4.78 is 5.32. The molecule has 1 unspecified atom stereocenters. The molecule has 2 aliphatic rings. The Kier molecular flexibility index (Phi) is 10.3. The molecule has 1 fully saturated rings. The molecule has 1 aromatic heterocycles. The van der Waals surface area contributed by atoms with Crippen LogP contribution in [0.5, 0.6) is 0 Å². The lowest BCUT2D eigenvalue weighted by Gasteiger charge is -2.26. The van der Waals surface area contributed by atoms with Crippen LogP contribution in [-0.2, 0) is 11.2 Å². The standard InChI is InChI=1S/C35H42N4O4/c1-26-9-2-3-11-28(26)15-14-27-10-6-21-38(23-18-27)31-17-16-29(25-30(31)37-35(42)32-12-7-24-43-32)34(41)36-19-8-22-39-20-5-4-13-33(39)40/h2-4,7,9,11-13,16-17,24-25,27H,5-6,8,10,14-15,18-23H2,1H3,(H,36,41)(H,37,42). The second-order valence-corrected chi connectivity index (χ2v) is 11.5. The van der Waals surface area contributed by atoms with Crippen LogP contribution in [0.1, 0.15) is 70.6 Å². The molecule has 8 heteroatoms. The number of amides is 3. The van der Waals surface area contributed by atoms with Crippen LogP contribution in [-0.4, -0.2) is 55.3 Å². The summed E-state index contributed by atoms with van der Waals surface area (Å²) in [5.41, 5.74) is 4.76. The molecule has 1 saturated heterocycles. The quantitative estimate of drug-likeness (QED) is 0.271. The molecular weight excluding hydrogens is 540 g/mol. The number of aryl methyl sites for hydroxylation is 2. The SMILES string of the molecule is Cc1ccccc1CCC1CCCN(c2ccc(C(=O)NCCCN3CCC=CC3=O)cc2NC(=O)c2ccco2)CC1. The Hall–Kier alpha value is -4.33. The lowest BCUT2D eigenvalue weighted by molar-refractivity contribution is -0.126. The number of nitrogens with one attached hydrogen (secondary N) is 2. The van der Waals surface area contributed by atoms with Crippen molar-refractivity contribution in [1.82, 2.24) is 10.2 Å². The summed E-state index contributed by atoms with van der Waals surface area (Å²) in [6, 6.07) is 17.5. The van der Waals surface area contributed by atoms with Crippen molar-refractivity contribution in [2.24, 2.45) is 5.92 Å². The van der Waals surface area contributed by atoms with Crippen LogP contribution in [0.4, 0.5) is 11.4 Å². The number of furan rings is 1. The molecule has 43 heavy (non-hydrogen) atoms. The van der Waals surface area contributed by atoms with Crippen LogP contribution in [0.3, 0.4) is 0 Å². The number of nitrogens with zero attached hydrogens (tertiary/aromatic N) is 2. The smallest absolute Gasteiger partial charge is 0.291 e. The first-order valence-corrected chi connectivity index (χ1v) is 15.5. The molecule has 8 nitrogen and oxygen atoms in total. The zero-order valence-electron chi connectivity index (χ0n) is 25.0. The average molecular weight is 583 g/mol. The van der Waals surface area contributed by atoms with Crippen molar-refractivity contribution in [3.8, 4) is 0 Å². The van der Waals surface area contributed by atoms with E-state index in [1.165, 1.54) is 30.2 Å². The summed E-state index contributed by atoms with van der Waals surface area (Å²) in [4.78, 5) is 42.2. The Balaban J connectivity index is 1.23. The van der Waals surface area contributed by atoms with E-state index in [0.29, 0.717) is 43.2 Å². The van der Waals surface area contributed by atoms with E-state index in [9.17, 15) is 14.4 Å². The van der Waals surface area contributed by atoms with Crippen LogP contribution >= 0.6 is 0 Å². The van der Waals surface area contributed by atoms with Crippen LogP contribution in [0.15, 0.2) is 77.4 Å². The largest absolute Gasteiger partial charge is 0.459 e. The first-order chi connectivity index (χ1) is 21.0. The molecule has 1 atom stereocenters. The first kappa shape index (κ1) is 30.1. The monoisotopic (exact) mass is 582 g/mol. The number of anilines is 2. The van der Waals surface area contributed by atoms with Crippen molar-refractivity contribution < 1.29 is 18.8 Å². The minimum Gasteiger partial charge on any atom is -0.459 e. The van der Waals surface area contributed by atoms with Gasteiger partial charge in [-0.1, -0.05) is 30.3 Å². The van der Waals surface area contributed by atoms with Crippen LogP contribution in [0.2, 0.25) is 0 Å². The van der Waals surface area contributed by atoms with Gasteiger partial charge in [-0.25, -0.2) is 0 Å². The predicted molar refractivity (Wildman–Crippen MR) is 169 cm³/mol. The van der Waals surface area contributed by atoms with Gasteiger partial charge in [0.15, 0.2) is 5.76 Å². The molecule has 0 bridgehead atoms. The molecule has 0 saturated carbocycles. The predicted octanol–water partition coefficient (Wildman–Crippen LogP) is 5.99. The van der Waals surface area contributed by atoms with Gasteiger partial charge in [0, 0.05) is 38.3 Å². The summed E-state index contributed by atoms with van der Waals surface area (Å²) >= 11 is 0. The molecule has 0 aliphatic carbocycles. The topological polar surface area (TPSA) is 94.9 Å². The van der Waals surface area contributed by atoms with Gasteiger partial charge in [0.2, 0.25) is 5.91 Å². The molecule has 3 aromatic rings. The summed E-state index contributed by atoms with van der Waals surface area (Å²) in [7, 11) is 0. The molecule has 2 aliphatic heterocycles. The highest BCUT2D eigenvalue weighted by Crippen LogP contribution is 2.32. The lowest BCUT2D eigenvalue weighted by Crippen LogP contribution is -2.35. The van der Waals surface area contributed by atoms with Crippen LogP contribution in [0, 0.1) is 12.8 Å². The maximum Gasteiger partial charge on any atom is 0.291 e. The van der Waals surface area contributed by atoms with Gasteiger partial charge >= 0.3 is 0 Å². The first-order valence-electron chi connectivity index (χ1n) is 15.5. The Morgan fingerprint density at radius 2 is 1.88 bits per heavy atom. The minimum absolute atomic E-state index is 0.0243. The van der Waals surface area contributed by atoms with Crippen LogP contribution in [0.25, 0.3) is 0 Å². The van der Waals surface area contributed by atoms with Gasteiger partial charge in [-0.05, 0) is 105 Å². The fourth-order valence-corrected chi connectivity index (χ4v) is 6.02. The van der Waals surface area contributed by atoms with E-state index in [-0.39, 0.29) is 23.5 Å². The van der Waals surface area contributed by atoms with Crippen molar-refractivity contribution in [3.63, 3.8) is 0 Å². The molecule has 2 N–H and O–H groups in total. The summed E-state index contributed by atoms with van der Waals surface area (Å²) in [5.74, 6) is 0.324. The molecule has 3 amide bonds. The number of benzene rings is 2. The average Bonchev–Trinajstić information content (AvgIpc) is 3.46. The van der Waals surface area contributed by atoms with E-state index >= 15 is 0 Å². The van der Waals surface area contributed by atoms with E-state index in [1.807, 2.05) is 18.2 Å². The number of rotatable bonds is 11. The maximum absolute atomic E-state index is 13.1. The van der Waals surface area contributed by atoms with Crippen molar-refractivity contribution in [1.29, 1.82) is 0 Å². The van der Waals surface area contributed by atoms with Crippen molar-refractivity contribution in [2.75, 3.05) is 42.9 Å². The fourth-order valence-electron chi connectivity index (χ4n) is 6.02. The van der Waals surface area contributed by atoms with E-state index in [0.717, 1.165) is 44.5 Å². The summed E-state index contributed by atoms with van der Waals surface area (Å²) in [6.45, 7) is 5.74. The zero-order valence-corrected chi connectivity index (χ0v) is 25.0. The zero-order chi connectivity index (χ0) is 30.0. The Morgan fingerprint density at radius 1 is 1.00 bits per heavy atom. The highest BCUT2D eigenvalue weighted by Gasteiger charge is 2.22. The minimum atomic E-state index is -0.352. The van der Waals surface area contributed by atoms with E-state index in [1.54, 1.807) is 29.2 Å². The van der Waals surface area contributed by atoms with Gasteiger partial charge in [0.1, 0.15) is 0 Å². The second kappa shape index (κ2) is 14.7. The fraction of sp³-hybridized carbons (Fsp3) is 0.400. The maximum atomic E-state index is 13.1. The normalized spacial score (nSPS) is 17.0. The third-order valence-corrected chi connectivity index (χ3v) is 8.55. The van der Waals surface area contributed by atoms with E-state index in [4.69, 9.17) is 4.42 Å². The second-order valence-electron chi connectivity index (χ2n) is 11.5. The molecular formula is C35H42N4O4. The van der Waals surface area contributed by atoms with Crippen molar-refractivity contribution >= 4 is 29.1 Å². The van der Waals surface area contributed by atoms with Gasteiger partial charge < -0.3 is 24.9 Å². The number of hydrogen-bond acceptors (Lipinski definition) is 5. The van der Waals surface area contributed by atoms with Gasteiger partial charge in [-0.2, -0.15) is 0 Å². The Morgan fingerprint density at radius 3 is 2.70 bits per heavy atom. The molecule has 0 radical (unpaired) electrons. The third-order valence-electron chi connectivity index (χ3n) is 8.55. The lowest BCUT2D eigenvalue weighted by atomic mass is 9.92. The number of carbonyl (C=O) groups is 3. The van der Waals surface area contributed by atoms with Gasteiger partial charge in [-0.15, -0.1) is 0 Å². The van der Waals surface area contributed by atoms with Crippen molar-refractivity contribution in [2.45, 2.75) is 51.9 Å². The van der Waals surface area contributed by atoms with E-state index in [2.05, 4.69) is 46.7 Å². The Bertz CT molecular complexity index is 1430.